The minimum absolute atomic E-state index is 0.0178. The molecule has 0 unspecified atom stereocenters. The van der Waals surface area contributed by atoms with Gasteiger partial charge < -0.3 is 15.0 Å². The van der Waals surface area contributed by atoms with Crippen molar-refractivity contribution in [3.63, 3.8) is 0 Å². The molecule has 0 atom stereocenters. The summed E-state index contributed by atoms with van der Waals surface area (Å²) >= 11 is 0. The molecule has 0 bridgehead atoms. The monoisotopic (exact) mass is 335 g/mol. The largest absolute Gasteiger partial charge is 0.383 e. The minimum Gasteiger partial charge on any atom is -0.383 e. The molecule has 0 aromatic heterocycles. The Morgan fingerprint density at radius 1 is 1.17 bits per heavy atom. The van der Waals surface area contributed by atoms with Crippen LogP contribution in [0.3, 0.4) is 0 Å². The van der Waals surface area contributed by atoms with Crippen molar-refractivity contribution in [1.82, 2.24) is 15.1 Å². The van der Waals surface area contributed by atoms with Crippen molar-refractivity contribution in [2.45, 2.75) is 26.4 Å². The van der Waals surface area contributed by atoms with E-state index in [0.29, 0.717) is 19.7 Å². The van der Waals surface area contributed by atoms with Gasteiger partial charge in [-0.1, -0.05) is 30.3 Å². The summed E-state index contributed by atoms with van der Waals surface area (Å²) in [6.07, 6.45) is 0. The molecular weight excluding hydrogens is 306 g/mol. The lowest BCUT2D eigenvalue weighted by molar-refractivity contribution is -0.134. The molecule has 1 aromatic rings. The highest BCUT2D eigenvalue weighted by atomic mass is 16.5. The van der Waals surface area contributed by atoms with E-state index in [1.165, 1.54) is 0 Å². The van der Waals surface area contributed by atoms with E-state index >= 15 is 0 Å². The summed E-state index contributed by atoms with van der Waals surface area (Å²) in [7, 11) is 3.39. The number of amides is 2. The molecule has 1 aromatic carbocycles. The highest BCUT2D eigenvalue weighted by molar-refractivity contribution is 5.81. The van der Waals surface area contributed by atoms with Gasteiger partial charge in [0.05, 0.1) is 19.7 Å². The minimum atomic E-state index is -0.0770. The first-order valence-electron chi connectivity index (χ1n) is 8.21. The van der Waals surface area contributed by atoms with Crippen LogP contribution in [0.4, 0.5) is 0 Å². The standard InChI is InChI=1S/C18H29N3O3/c1-15(2)19-17(22)13-20(3)14-18(23)21(10-11-24-4)12-16-8-6-5-7-9-16/h5-9,15H,10-14H2,1-4H3,(H,19,22). The molecule has 0 radical (unpaired) electrons. The van der Waals surface area contributed by atoms with Crippen molar-refractivity contribution in [1.29, 1.82) is 0 Å². The van der Waals surface area contributed by atoms with E-state index in [1.807, 2.05) is 44.2 Å². The van der Waals surface area contributed by atoms with Gasteiger partial charge in [-0.3, -0.25) is 14.5 Å². The number of methoxy groups -OCH3 is 1. The molecule has 0 spiro atoms. The van der Waals surface area contributed by atoms with E-state index in [0.717, 1.165) is 5.56 Å². The third kappa shape index (κ3) is 8.08. The van der Waals surface area contributed by atoms with Gasteiger partial charge in [0.15, 0.2) is 0 Å². The van der Waals surface area contributed by atoms with Crippen molar-refractivity contribution < 1.29 is 14.3 Å². The second-order valence-electron chi connectivity index (χ2n) is 6.19. The van der Waals surface area contributed by atoms with Crippen molar-refractivity contribution in [3.05, 3.63) is 35.9 Å². The first-order valence-corrected chi connectivity index (χ1v) is 8.21. The Bertz CT molecular complexity index is 505. The number of ether oxygens (including phenoxy) is 1. The predicted molar refractivity (Wildman–Crippen MR) is 94.5 cm³/mol. The molecule has 0 aliphatic carbocycles. The summed E-state index contributed by atoms with van der Waals surface area (Å²) in [6, 6.07) is 9.94. The number of benzene rings is 1. The Kier molecular flexibility index (Phi) is 9.04. The fourth-order valence-electron chi connectivity index (χ4n) is 2.30. The van der Waals surface area contributed by atoms with Gasteiger partial charge in [-0.2, -0.15) is 0 Å². The summed E-state index contributed by atoms with van der Waals surface area (Å²) < 4.78 is 5.10. The van der Waals surface area contributed by atoms with E-state index in [-0.39, 0.29) is 30.9 Å². The summed E-state index contributed by atoms with van der Waals surface area (Å²) in [5, 5.41) is 2.82. The maximum absolute atomic E-state index is 12.6. The fourth-order valence-corrected chi connectivity index (χ4v) is 2.30. The second kappa shape index (κ2) is 10.8. The maximum atomic E-state index is 12.6. The SMILES string of the molecule is COCCN(Cc1ccccc1)C(=O)CN(C)CC(=O)NC(C)C. The molecule has 1 N–H and O–H groups in total. The van der Waals surface area contributed by atoms with Crippen LogP contribution in [0.2, 0.25) is 0 Å². The lowest BCUT2D eigenvalue weighted by Gasteiger charge is -2.25. The summed E-state index contributed by atoms with van der Waals surface area (Å²) in [5.41, 5.74) is 1.07. The number of hydrogen-bond donors (Lipinski definition) is 1. The van der Waals surface area contributed by atoms with Gasteiger partial charge >= 0.3 is 0 Å². The Balaban J connectivity index is 2.58. The fraction of sp³-hybridized carbons (Fsp3) is 0.556. The van der Waals surface area contributed by atoms with Gasteiger partial charge in [-0.15, -0.1) is 0 Å². The lowest BCUT2D eigenvalue weighted by atomic mass is 10.2. The van der Waals surface area contributed by atoms with Crippen LogP contribution >= 0.6 is 0 Å². The van der Waals surface area contributed by atoms with Gasteiger partial charge in [-0.05, 0) is 26.5 Å². The Morgan fingerprint density at radius 3 is 2.42 bits per heavy atom. The van der Waals surface area contributed by atoms with Crippen LogP contribution in [0.5, 0.6) is 0 Å². The molecule has 1 rings (SSSR count). The molecule has 0 saturated heterocycles. The van der Waals surface area contributed by atoms with Crippen molar-refractivity contribution in [3.8, 4) is 0 Å². The second-order valence-corrected chi connectivity index (χ2v) is 6.19. The van der Waals surface area contributed by atoms with E-state index in [2.05, 4.69) is 5.32 Å². The zero-order valence-electron chi connectivity index (χ0n) is 15.1. The summed E-state index contributed by atoms with van der Waals surface area (Å²) in [6.45, 7) is 5.77. The number of likely N-dealkylation sites (N-methyl/N-ethyl adjacent to an activating group) is 1. The van der Waals surface area contributed by atoms with Gasteiger partial charge in [-0.25, -0.2) is 0 Å². The number of nitrogens with zero attached hydrogens (tertiary/aromatic N) is 2. The van der Waals surface area contributed by atoms with Gasteiger partial charge in [0.2, 0.25) is 11.8 Å². The highest BCUT2D eigenvalue weighted by Gasteiger charge is 2.17. The number of nitrogens with one attached hydrogen (secondary N) is 1. The maximum Gasteiger partial charge on any atom is 0.237 e. The predicted octanol–water partition coefficient (Wildman–Crippen LogP) is 1.12. The molecule has 0 fully saturated rings. The Hall–Kier alpha value is -1.92. The van der Waals surface area contributed by atoms with Crippen LogP contribution in [0, 0.1) is 0 Å². The number of rotatable bonds is 10. The lowest BCUT2D eigenvalue weighted by Crippen LogP contribution is -2.44. The number of carbonyl (C=O) groups excluding carboxylic acids is 2. The van der Waals surface area contributed by atoms with Crippen LogP contribution in [-0.2, 0) is 20.9 Å². The molecule has 6 heteroatoms. The smallest absolute Gasteiger partial charge is 0.237 e. The number of carbonyl (C=O) groups is 2. The van der Waals surface area contributed by atoms with E-state index in [9.17, 15) is 9.59 Å². The molecule has 6 nitrogen and oxygen atoms in total. The Labute approximate surface area is 144 Å². The van der Waals surface area contributed by atoms with E-state index in [1.54, 1.807) is 24.0 Å². The molecule has 24 heavy (non-hydrogen) atoms. The molecular formula is C18H29N3O3. The molecule has 0 aliphatic heterocycles. The zero-order valence-corrected chi connectivity index (χ0v) is 15.1. The topological polar surface area (TPSA) is 61.9 Å². The van der Waals surface area contributed by atoms with Crippen molar-refractivity contribution in [2.75, 3.05) is 40.4 Å². The zero-order chi connectivity index (χ0) is 17.9. The van der Waals surface area contributed by atoms with Crippen LogP contribution in [0.25, 0.3) is 0 Å². The quantitative estimate of drug-likeness (QED) is 0.696. The van der Waals surface area contributed by atoms with Crippen LogP contribution < -0.4 is 5.32 Å². The van der Waals surface area contributed by atoms with E-state index in [4.69, 9.17) is 4.74 Å². The molecule has 0 aliphatic rings. The van der Waals surface area contributed by atoms with E-state index < -0.39 is 0 Å². The first kappa shape index (κ1) is 20.1. The van der Waals surface area contributed by atoms with Gasteiger partial charge in [0.25, 0.3) is 0 Å². The molecule has 2 amide bonds. The van der Waals surface area contributed by atoms with Crippen LogP contribution in [-0.4, -0.2) is 68.1 Å². The average molecular weight is 335 g/mol. The third-order valence-corrected chi connectivity index (χ3v) is 3.40. The van der Waals surface area contributed by atoms with Crippen LogP contribution in [0.15, 0.2) is 30.3 Å². The average Bonchev–Trinajstić information content (AvgIpc) is 2.51. The summed E-state index contributed by atoms with van der Waals surface area (Å²) in [4.78, 5) is 27.8. The Morgan fingerprint density at radius 2 is 1.83 bits per heavy atom. The summed E-state index contributed by atoms with van der Waals surface area (Å²) in [5.74, 6) is -0.0949. The van der Waals surface area contributed by atoms with Crippen molar-refractivity contribution >= 4 is 11.8 Å². The van der Waals surface area contributed by atoms with Crippen LogP contribution in [0.1, 0.15) is 19.4 Å². The number of hydrogen-bond acceptors (Lipinski definition) is 4. The van der Waals surface area contributed by atoms with Crippen molar-refractivity contribution in [2.24, 2.45) is 0 Å². The molecule has 0 heterocycles. The van der Waals surface area contributed by atoms with Gasteiger partial charge in [0, 0.05) is 26.2 Å². The highest BCUT2D eigenvalue weighted by Crippen LogP contribution is 2.05. The third-order valence-electron chi connectivity index (χ3n) is 3.40. The molecule has 0 saturated carbocycles. The van der Waals surface area contributed by atoms with Gasteiger partial charge in [0.1, 0.15) is 0 Å². The first-order chi connectivity index (χ1) is 11.4. The normalized spacial score (nSPS) is 10.9. The molecule has 134 valence electrons.